The topological polar surface area (TPSA) is 53.4 Å². The monoisotopic (exact) mass is 330 g/mol. The summed E-state index contributed by atoms with van der Waals surface area (Å²) >= 11 is 0. The van der Waals surface area contributed by atoms with E-state index >= 15 is 0 Å². The van der Waals surface area contributed by atoms with Crippen LogP contribution in [0, 0.1) is 0 Å². The van der Waals surface area contributed by atoms with Crippen LogP contribution in [0.15, 0.2) is 67.1 Å². The molecule has 0 fully saturated rings. The highest BCUT2D eigenvalue weighted by Crippen LogP contribution is 2.22. The smallest absolute Gasteiger partial charge is 0.424 e. The van der Waals surface area contributed by atoms with E-state index in [-0.39, 0.29) is 5.75 Å². The lowest BCUT2D eigenvalue weighted by molar-refractivity contribution is -0.0498. The van der Waals surface area contributed by atoms with Crippen molar-refractivity contribution in [2.45, 2.75) is 6.61 Å². The molecule has 0 aliphatic heterocycles. The van der Waals surface area contributed by atoms with Gasteiger partial charge in [-0.25, -0.2) is 14.3 Å². The Morgan fingerprint density at radius 2 is 1.71 bits per heavy atom. The summed E-state index contributed by atoms with van der Waals surface area (Å²) in [6, 6.07) is 14.6. The van der Waals surface area contributed by atoms with Gasteiger partial charge < -0.3 is 9.47 Å². The Morgan fingerprint density at radius 3 is 2.38 bits per heavy atom. The molecule has 5 nitrogen and oxygen atoms in total. The van der Waals surface area contributed by atoms with Crippen molar-refractivity contribution in [3.63, 3.8) is 0 Å². The Bertz CT molecular complexity index is 817. The Hall–Kier alpha value is -3.22. The van der Waals surface area contributed by atoms with Gasteiger partial charge in [0, 0.05) is 11.8 Å². The quantitative estimate of drug-likeness (QED) is 0.719. The van der Waals surface area contributed by atoms with Crippen LogP contribution in [0.25, 0.3) is 11.3 Å². The van der Waals surface area contributed by atoms with E-state index in [1.54, 1.807) is 36.4 Å². The van der Waals surface area contributed by atoms with E-state index in [4.69, 9.17) is 4.74 Å². The van der Waals surface area contributed by atoms with E-state index in [1.807, 2.05) is 6.07 Å². The van der Waals surface area contributed by atoms with Crippen molar-refractivity contribution in [2.75, 3.05) is 0 Å². The van der Waals surface area contributed by atoms with E-state index in [1.165, 1.54) is 29.2 Å². The predicted octanol–water partition coefficient (Wildman–Crippen LogP) is 4.20. The third-order valence-corrected chi connectivity index (χ3v) is 3.12. The van der Waals surface area contributed by atoms with Crippen LogP contribution in [0.2, 0.25) is 0 Å². The number of imidazole rings is 1. The highest BCUT2D eigenvalue weighted by Gasteiger charge is 2.11. The third-order valence-electron chi connectivity index (χ3n) is 3.12. The molecule has 24 heavy (non-hydrogen) atoms. The molecule has 0 aliphatic rings. The maximum atomic E-state index is 12.1. The number of nitrogens with zero attached hydrogens (tertiary/aromatic N) is 2. The van der Waals surface area contributed by atoms with Crippen molar-refractivity contribution in [1.82, 2.24) is 9.55 Å². The lowest BCUT2D eigenvalue weighted by Gasteiger charge is -2.04. The van der Waals surface area contributed by atoms with Crippen molar-refractivity contribution in [1.29, 1.82) is 0 Å². The zero-order valence-corrected chi connectivity index (χ0v) is 12.3. The first-order valence-corrected chi connectivity index (χ1v) is 6.98. The Balaban J connectivity index is 1.72. The highest BCUT2D eigenvalue weighted by molar-refractivity contribution is 5.74. The minimum absolute atomic E-state index is 0.0525. The largest absolute Gasteiger partial charge is 0.435 e. The molecule has 0 spiro atoms. The van der Waals surface area contributed by atoms with Gasteiger partial charge in [0.25, 0.3) is 0 Å². The van der Waals surface area contributed by atoms with E-state index in [2.05, 4.69) is 9.72 Å². The maximum absolute atomic E-state index is 12.1. The fourth-order valence-electron chi connectivity index (χ4n) is 2.02. The minimum atomic E-state index is -2.87. The number of carbonyl (C=O) groups excluding carboxylic acids is 1. The van der Waals surface area contributed by atoms with Crippen LogP contribution in [0.3, 0.4) is 0 Å². The molecule has 0 aliphatic carbocycles. The van der Waals surface area contributed by atoms with Crippen LogP contribution in [-0.2, 0) is 0 Å². The van der Waals surface area contributed by atoms with Crippen molar-refractivity contribution in [3.8, 4) is 22.8 Å². The zero-order valence-electron chi connectivity index (χ0n) is 12.3. The van der Waals surface area contributed by atoms with Crippen LogP contribution in [0.4, 0.5) is 13.6 Å². The van der Waals surface area contributed by atoms with Crippen LogP contribution in [-0.4, -0.2) is 22.3 Å². The molecule has 0 amide bonds. The molecule has 3 aromatic rings. The molecule has 3 rings (SSSR count). The third kappa shape index (κ3) is 3.75. The van der Waals surface area contributed by atoms with Gasteiger partial charge in [0.1, 0.15) is 17.8 Å². The lowest BCUT2D eigenvalue weighted by atomic mass is 10.2. The summed E-state index contributed by atoms with van der Waals surface area (Å²) in [7, 11) is 0. The number of halogens is 2. The van der Waals surface area contributed by atoms with Gasteiger partial charge in [-0.3, -0.25) is 0 Å². The van der Waals surface area contributed by atoms with Gasteiger partial charge in [-0.2, -0.15) is 8.78 Å². The van der Waals surface area contributed by atoms with Crippen LogP contribution < -0.4 is 9.47 Å². The number of hydrogen-bond donors (Lipinski definition) is 0. The average Bonchev–Trinajstić information content (AvgIpc) is 3.06. The van der Waals surface area contributed by atoms with Gasteiger partial charge >= 0.3 is 12.7 Å². The van der Waals surface area contributed by atoms with Gasteiger partial charge in [0.2, 0.25) is 0 Å². The normalized spacial score (nSPS) is 10.6. The second-order valence-electron chi connectivity index (χ2n) is 4.75. The van der Waals surface area contributed by atoms with Crippen LogP contribution >= 0.6 is 0 Å². The number of ether oxygens (including phenoxy) is 2. The standard InChI is InChI=1S/C17H12F2N2O3/c18-16(19)23-14-8-6-12(7-9-14)15-10-21(11-20-15)17(22)24-13-4-2-1-3-5-13/h1-11,16H. The highest BCUT2D eigenvalue weighted by atomic mass is 19.3. The summed E-state index contributed by atoms with van der Waals surface area (Å²) in [4.78, 5) is 16.1. The van der Waals surface area contributed by atoms with Crippen molar-refractivity contribution >= 4 is 6.09 Å². The Labute approximate surface area is 136 Å². The molecule has 0 atom stereocenters. The molecule has 0 unspecified atom stereocenters. The molecule has 0 saturated carbocycles. The second kappa shape index (κ2) is 6.91. The number of para-hydroxylation sites is 1. The summed E-state index contributed by atoms with van der Waals surface area (Å²) in [5, 5.41) is 0. The molecule has 1 aromatic heterocycles. The van der Waals surface area contributed by atoms with Gasteiger partial charge in [-0.05, 0) is 36.4 Å². The summed E-state index contributed by atoms with van der Waals surface area (Å²) in [6.07, 6.45) is 2.22. The number of benzene rings is 2. The number of hydrogen-bond acceptors (Lipinski definition) is 4. The molecule has 0 N–H and O–H groups in total. The van der Waals surface area contributed by atoms with Gasteiger partial charge in [0.15, 0.2) is 0 Å². The Morgan fingerprint density at radius 1 is 1.00 bits per heavy atom. The minimum Gasteiger partial charge on any atom is -0.435 e. The Kier molecular flexibility index (Phi) is 4.51. The number of carbonyl (C=O) groups is 1. The fourth-order valence-corrected chi connectivity index (χ4v) is 2.02. The predicted molar refractivity (Wildman–Crippen MR) is 82.2 cm³/mol. The number of alkyl halides is 2. The molecule has 1 heterocycles. The van der Waals surface area contributed by atoms with Crippen molar-refractivity contribution in [3.05, 3.63) is 67.1 Å². The first kappa shape index (κ1) is 15.7. The summed E-state index contributed by atoms with van der Waals surface area (Å²) in [5.74, 6) is 0.475. The SMILES string of the molecule is O=C(Oc1ccccc1)n1cnc(-c2ccc(OC(F)F)cc2)c1. The second-order valence-corrected chi connectivity index (χ2v) is 4.75. The zero-order chi connectivity index (χ0) is 16.9. The average molecular weight is 330 g/mol. The summed E-state index contributed by atoms with van der Waals surface area (Å²) < 4.78 is 34.9. The lowest BCUT2D eigenvalue weighted by Crippen LogP contribution is -2.14. The molecule has 0 bridgehead atoms. The molecule has 0 saturated heterocycles. The van der Waals surface area contributed by atoms with Crippen molar-refractivity contribution in [2.24, 2.45) is 0 Å². The van der Waals surface area contributed by atoms with Crippen LogP contribution in [0.5, 0.6) is 11.5 Å². The fraction of sp³-hybridized carbons (Fsp3) is 0.0588. The van der Waals surface area contributed by atoms with E-state index in [9.17, 15) is 13.6 Å². The molecule has 0 radical (unpaired) electrons. The van der Waals surface area contributed by atoms with E-state index < -0.39 is 12.7 Å². The molecule has 7 heteroatoms. The maximum Gasteiger partial charge on any atom is 0.424 e. The molecule has 122 valence electrons. The molecular formula is C17H12F2N2O3. The van der Waals surface area contributed by atoms with Gasteiger partial charge in [0.05, 0.1) is 5.69 Å². The van der Waals surface area contributed by atoms with E-state index in [0.29, 0.717) is 17.0 Å². The first-order valence-electron chi connectivity index (χ1n) is 6.98. The first-order chi connectivity index (χ1) is 11.6. The van der Waals surface area contributed by atoms with Gasteiger partial charge in [-0.15, -0.1) is 0 Å². The summed E-state index contributed by atoms with van der Waals surface area (Å²) in [6.45, 7) is -2.87. The van der Waals surface area contributed by atoms with Gasteiger partial charge in [-0.1, -0.05) is 18.2 Å². The number of aromatic nitrogens is 2. The van der Waals surface area contributed by atoms with Crippen LogP contribution in [0.1, 0.15) is 0 Å². The molecular weight excluding hydrogens is 318 g/mol. The number of rotatable bonds is 4. The van der Waals surface area contributed by atoms with E-state index in [0.717, 1.165) is 0 Å². The van der Waals surface area contributed by atoms with Crippen molar-refractivity contribution < 1.29 is 23.0 Å². The summed E-state index contributed by atoms with van der Waals surface area (Å²) in [5.41, 5.74) is 1.16. The molecule has 2 aromatic carbocycles.